The van der Waals surface area contributed by atoms with Crippen LogP contribution in [0.25, 0.3) is 0 Å². The molecule has 0 amide bonds. The molecule has 1 saturated carbocycles. The lowest BCUT2D eigenvalue weighted by atomic mass is 10.00. The molecule has 7 heteroatoms. The summed E-state index contributed by atoms with van der Waals surface area (Å²) in [5, 5.41) is 13.2. The normalized spacial score (nSPS) is 29.0. The fourth-order valence-electron chi connectivity index (χ4n) is 5.81. The molecule has 4 atom stereocenters. The highest BCUT2D eigenvalue weighted by Gasteiger charge is 2.43. The van der Waals surface area contributed by atoms with E-state index in [4.69, 9.17) is 4.74 Å². The number of methoxy groups -OCH3 is 1. The lowest BCUT2D eigenvalue weighted by molar-refractivity contribution is -1.03. The molecule has 3 heterocycles. The Labute approximate surface area is 166 Å². The van der Waals surface area contributed by atoms with Crippen LogP contribution < -0.4 is 14.5 Å². The van der Waals surface area contributed by atoms with Crippen molar-refractivity contribution < 1.29 is 14.5 Å². The van der Waals surface area contributed by atoms with E-state index in [1.165, 1.54) is 63.7 Å². The van der Waals surface area contributed by atoms with Crippen molar-refractivity contribution in [3.05, 3.63) is 35.7 Å². The van der Waals surface area contributed by atoms with Crippen LogP contribution in [0.4, 0.5) is 0 Å². The molecule has 2 saturated heterocycles. The second-order valence-corrected chi connectivity index (χ2v) is 8.70. The van der Waals surface area contributed by atoms with Crippen molar-refractivity contribution in [1.82, 2.24) is 20.2 Å². The minimum atomic E-state index is 0.133. The Morgan fingerprint density at radius 2 is 1.93 bits per heavy atom. The van der Waals surface area contributed by atoms with Crippen molar-refractivity contribution in [2.45, 2.75) is 56.7 Å². The molecule has 0 spiro atoms. The minimum absolute atomic E-state index is 0.133. The van der Waals surface area contributed by atoms with Crippen LogP contribution >= 0.6 is 0 Å². The van der Waals surface area contributed by atoms with Crippen LogP contribution in [0.2, 0.25) is 0 Å². The molecule has 1 aromatic heterocycles. The number of hydrogen-bond donors (Lipinski definition) is 2. The van der Waals surface area contributed by atoms with E-state index in [1.54, 1.807) is 16.9 Å². The summed E-state index contributed by atoms with van der Waals surface area (Å²) in [7, 11) is 1.77. The number of nitrogens with zero attached hydrogens (tertiary/aromatic N) is 4. The number of piperazine rings is 1. The van der Waals surface area contributed by atoms with Crippen molar-refractivity contribution >= 4 is 0 Å². The van der Waals surface area contributed by atoms with Gasteiger partial charge >= 0.3 is 0 Å². The van der Waals surface area contributed by atoms with E-state index in [2.05, 4.69) is 38.4 Å². The van der Waals surface area contributed by atoms with Crippen molar-refractivity contribution in [3.63, 3.8) is 0 Å². The zero-order valence-electron chi connectivity index (χ0n) is 16.8. The molecule has 28 heavy (non-hydrogen) atoms. The van der Waals surface area contributed by atoms with E-state index >= 15 is 0 Å². The van der Waals surface area contributed by atoms with Crippen LogP contribution in [0, 0.1) is 0 Å². The van der Waals surface area contributed by atoms with E-state index in [1.807, 2.05) is 6.07 Å². The van der Waals surface area contributed by atoms with Gasteiger partial charge in [-0.25, -0.2) is 4.68 Å². The van der Waals surface area contributed by atoms with Gasteiger partial charge in [0, 0.05) is 12.8 Å². The van der Waals surface area contributed by atoms with E-state index in [-0.39, 0.29) is 6.04 Å². The van der Waals surface area contributed by atoms with Gasteiger partial charge in [-0.3, -0.25) is 0 Å². The van der Waals surface area contributed by atoms with Crippen molar-refractivity contribution in [2.24, 2.45) is 0 Å². The topological polar surface area (TPSA) is 61.7 Å². The Hall–Kier alpha value is -1.99. The second-order valence-electron chi connectivity index (χ2n) is 8.70. The van der Waals surface area contributed by atoms with Crippen LogP contribution in [0.5, 0.6) is 5.75 Å². The molecule has 1 aliphatic carbocycles. The molecule has 7 nitrogen and oxygen atoms in total. The average Bonchev–Trinajstić information content (AvgIpc) is 3.49. The van der Waals surface area contributed by atoms with E-state index < -0.39 is 0 Å². The molecule has 2 N–H and O–H groups in total. The molecule has 1 aromatic carbocycles. The van der Waals surface area contributed by atoms with Crippen LogP contribution in [-0.4, -0.2) is 59.5 Å². The lowest BCUT2D eigenvalue weighted by Crippen LogP contribution is -3.29. The van der Waals surface area contributed by atoms with Gasteiger partial charge in [-0.05, 0) is 35.4 Å². The summed E-state index contributed by atoms with van der Waals surface area (Å²) in [4.78, 5) is 3.40. The Balaban J connectivity index is 1.55. The predicted molar refractivity (Wildman–Crippen MR) is 105 cm³/mol. The lowest BCUT2D eigenvalue weighted by Gasteiger charge is -2.36. The molecule has 0 bridgehead atoms. The molecule has 0 radical (unpaired) electrons. The predicted octanol–water partition coefficient (Wildman–Crippen LogP) is -0.168. The Morgan fingerprint density at radius 1 is 1.07 bits per heavy atom. The van der Waals surface area contributed by atoms with Gasteiger partial charge in [-0.1, -0.05) is 25.0 Å². The highest BCUT2D eigenvalue weighted by molar-refractivity contribution is 5.37. The summed E-state index contributed by atoms with van der Waals surface area (Å²) in [6.45, 7) is 4.94. The Morgan fingerprint density at radius 3 is 2.79 bits per heavy atom. The number of rotatable bonds is 5. The molecule has 150 valence electrons. The number of hydrogen-bond acceptors (Lipinski definition) is 4. The average molecular weight is 385 g/mol. The van der Waals surface area contributed by atoms with Crippen LogP contribution in [-0.2, 0) is 0 Å². The van der Waals surface area contributed by atoms with Gasteiger partial charge in [-0.2, -0.15) is 0 Å². The number of fused-ring (bicyclic) bond motifs is 1. The Bertz CT molecular complexity index is 802. The fourth-order valence-corrected chi connectivity index (χ4v) is 5.81. The van der Waals surface area contributed by atoms with Crippen LogP contribution in [0.3, 0.4) is 0 Å². The first-order valence-corrected chi connectivity index (χ1v) is 10.9. The van der Waals surface area contributed by atoms with E-state index in [0.717, 1.165) is 24.2 Å². The summed E-state index contributed by atoms with van der Waals surface area (Å²) in [5.41, 5.74) is 1.22. The molecule has 5 rings (SSSR count). The summed E-state index contributed by atoms with van der Waals surface area (Å²) >= 11 is 0. The first-order chi connectivity index (χ1) is 13.8. The maximum atomic E-state index is 5.77. The van der Waals surface area contributed by atoms with E-state index in [0.29, 0.717) is 6.04 Å². The standard InChI is InChI=1S/C21H30N6O/c1-28-19-11-5-4-10-18(19)20(26-14-13-25-12-6-9-17(25)15-26)21-22-23-24-27(21)16-7-2-3-8-16/h4-5,10-11,16-17,20H,2-3,6-9,12-15H2,1H3/p+2/t17-,20+/m1/s1. The first-order valence-electron chi connectivity index (χ1n) is 10.9. The zero-order chi connectivity index (χ0) is 18.9. The van der Waals surface area contributed by atoms with Gasteiger partial charge in [0.05, 0.1) is 25.3 Å². The van der Waals surface area contributed by atoms with Gasteiger partial charge in [0.25, 0.3) is 0 Å². The molecular formula is C21H32N6O+2. The van der Waals surface area contributed by atoms with Gasteiger partial charge in [0.1, 0.15) is 31.4 Å². The summed E-state index contributed by atoms with van der Waals surface area (Å²) in [5.74, 6) is 1.97. The molecule has 2 aliphatic heterocycles. The molecule has 3 fully saturated rings. The van der Waals surface area contributed by atoms with Crippen molar-refractivity contribution in [3.8, 4) is 5.75 Å². The summed E-state index contributed by atoms with van der Waals surface area (Å²) < 4.78 is 7.91. The molecule has 2 unspecified atom stereocenters. The number of nitrogens with one attached hydrogen (secondary N) is 2. The number of para-hydroxylation sites is 1. The molecular weight excluding hydrogens is 352 g/mol. The van der Waals surface area contributed by atoms with Gasteiger partial charge in [0.2, 0.25) is 5.82 Å². The third-order valence-corrected chi connectivity index (χ3v) is 7.21. The number of quaternary nitrogens is 2. The largest absolute Gasteiger partial charge is 0.496 e. The zero-order valence-corrected chi connectivity index (χ0v) is 16.8. The van der Waals surface area contributed by atoms with Crippen LogP contribution in [0.15, 0.2) is 24.3 Å². The number of benzene rings is 1. The van der Waals surface area contributed by atoms with Crippen LogP contribution in [0.1, 0.15) is 62.0 Å². The van der Waals surface area contributed by atoms with E-state index in [9.17, 15) is 0 Å². The first kappa shape index (κ1) is 18.1. The summed E-state index contributed by atoms with van der Waals surface area (Å²) in [6.07, 6.45) is 7.65. The fraction of sp³-hybridized carbons (Fsp3) is 0.667. The Kier molecular flexibility index (Phi) is 5.03. The number of ether oxygens (including phenoxy) is 1. The molecule has 3 aliphatic rings. The maximum absolute atomic E-state index is 5.77. The second kappa shape index (κ2) is 7.79. The smallest absolute Gasteiger partial charge is 0.214 e. The van der Waals surface area contributed by atoms with Gasteiger partial charge in [0.15, 0.2) is 6.04 Å². The SMILES string of the molecule is COc1ccccc1[C@@H](c1nnnn1C1CCCC1)[NH+]1CC[NH+]2CCC[C@@H]2C1. The van der Waals surface area contributed by atoms with Gasteiger partial charge < -0.3 is 14.5 Å². The van der Waals surface area contributed by atoms with Gasteiger partial charge in [-0.15, -0.1) is 5.10 Å². The molecule has 2 aromatic rings. The van der Waals surface area contributed by atoms with Crippen molar-refractivity contribution in [1.29, 1.82) is 0 Å². The third-order valence-electron chi connectivity index (χ3n) is 7.21. The number of tetrazole rings is 1. The monoisotopic (exact) mass is 384 g/mol. The maximum Gasteiger partial charge on any atom is 0.214 e. The quantitative estimate of drug-likeness (QED) is 0.752. The number of aromatic nitrogens is 4. The highest BCUT2D eigenvalue weighted by Crippen LogP contribution is 2.33. The van der Waals surface area contributed by atoms with Crippen molar-refractivity contribution in [2.75, 3.05) is 33.3 Å². The minimum Gasteiger partial charge on any atom is -0.496 e. The summed E-state index contributed by atoms with van der Waals surface area (Å²) in [6, 6.07) is 9.80. The third kappa shape index (κ3) is 3.20. The highest BCUT2D eigenvalue weighted by atomic mass is 16.5.